The van der Waals surface area contributed by atoms with Crippen molar-refractivity contribution >= 4 is 38.6 Å². The number of pyridine rings is 1. The van der Waals surface area contributed by atoms with Crippen molar-refractivity contribution in [3.63, 3.8) is 0 Å². The van der Waals surface area contributed by atoms with Gasteiger partial charge in [-0.15, -0.1) is 0 Å². The lowest BCUT2D eigenvalue weighted by molar-refractivity contribution is 0.0697. The Kier molecular flexibility index (Phi) is 4.42. The summed E-state index contributed by atoms with van der Waals surface area (Å²) in [6.07, 6.45) is 3.79. The van der Waals surface area contributed by atoms with Crippen LogP contribution in [0.1, 0.15) is 22.0 Å². The SMILES string of the molecule is CN1CCN(c2ccccc2C(=O)O)CC1c1cnc2[nH]cc(Br)c2c1. The van der Waals surface area contributed by atoms with Gasteiger partial charge in [0.2, 0.25) is 0 Å². The van der Waals surface area contributed by atoms with E-state index in [1.165, 1.54) is 0 Å². The molecule has 1 aromatic carbocycles. The standard InChI is InChI=1S/C19H19BrN4O2/c1-23-6-7-24(16-5-3-2-4-13(16)19(25)26)11-17(23)12-8-14-15(20)10-22-18(14)21-9-12/h2-5,8-10,17H,6-7,11H2,1H3,(H,21,22)(H,25,26). The highest BCUT2D eigenvalue weighted by Gasteiger charge is 2.28. The number of likely N-dealkylation sites (N-methyl/N-ethyl adjacent to an activating group) is 1. The predicted octanol–water partition coefficient (Wildman–Crippen LogP) is 3.52. The molecule has 3 heterocycles. The van der Waals surface area contributed by atoms with Crippen molar-refractivity contribution in [1.82, 2.24) is 14.9 Å². The minimum Gasteiger partial charge on any atom is -0.478 e. The van der Waals surface area contributed by atoms with E-state index in [0.717, 1.165) is 46.4 Å². The number of hydrogen-bond donors (Lipinski definition) is 2. The zero-order chi connectivity index (χ0) is 18.3. The lowest BCUT2D eigenvalue weighted by Crippen LogP contribution is -2.47. The van der Waals surface area contributed by atoms with E-state index >= 15 is 0 Å². The number of H-pyrrole nitrogens is 1. The Morgan fingerprint density at radius 3 is 2.96 bits per heavy atom. The van der Waals surface area contributed by atoms with E-state index in [9.17, 15) is 9.90 Å². The third-order valence-corrected chi connectivity index (χ3v) is 5.67. The second-order valence-electron chi connectivity index (χ2n) is 6.57. The van der Waals surface area contributed by atoms with E-state index in [2.05, 4.69) is 48.8 Å². The number of aromatic carboxylic acids is 1. The third-order valence-electron chi connectivity index (χ3n) is 5.01. The van der Waals surface area contributed by atoms with Gasteiger partial charge in [-0.1, -0.05) is 12.1 Å². The summed E-state index contributed by atoms with van der Waals surface area (Å²) in [6, 6.07) is 9.49. The normalized spacial score (nSPS) is 18.4. The Morgan fingerprint density at radius 1 is 1.35 bits per heavy atom. The number of carbonyl (C=O) groups is 1. The average molecular weight is 415 g/mol. The largest absolute Gasteiger partial charge is 0.478 e. The maximum atomic E-state index is 11.6. The van der Waals surface area contributed by atoms with Crippen LogP contribution in [0.25, 0.3) is 11.0 Å². The molecule has 1 aliphatic heterocycles. The van der Waals surface area contributed by atoms with Crippen LogP contribution in [0.2, 0.25) is 0 Å². The van der Waals surface area contributed by atoms with Crippen LogP contribution in [-0.2, 0) is 0 Å². The Balaban J connectivity index is 1.68. The van der Waals surface area contributed by atoms with Crippen LogP contribution in [0.4, 0.5) is 5.69 Å². The number of nitrogens with one attached hydrogen (secondary N) is 1. The van der Waals surface area contributed by atoms with Gasteiger partial charge in [0.15, 0.2) is 0 Å². The van der Waals surface area contributed by atoms with E-state index in [1.807, 2.05) is 24.5 Å². The molecule has 1 atom stereocenters. The van der Waals surface area contributed by atoms with Crippen molar-refractivity contribution in [3.05, 3.63) is 58.3 Å². The smallest absolute Gasteiger partial charge is 0.337 e. The quantitative estimate of drug-likeness (QED) is 0.685. The molecular formula is C19H19BrN4O2. The highest BCUT2D eigenvalue weighted by molar-refractivity contribution is 9.10. The predicted molar refractivity (Wildman–Crippen MR) is 105 cm³/mol. The molecule has 7 heteroatoms. The maximum absolute atomic E-state index is 11.6. The summed E-state index contributed by atoms with van der Waals surface area (Å²) in [7, 11) is 2.10. The van der Waals surface area contributed by atoms with E-state index in [-0.39, 0.29) is 6.04 Å². The molecular weight excluding hydrogens is 396 g/mol. The second-order valence-corrected chi connectivity index (χ2v) is 7.42. The molecule has 0 spiro atoms. The third kappa shape index (κ3) is 2.97. The van der Waals surface area contributed by atoms with Gasteiger partial charge < -0.3 is 15.0 Å². The first-order valence-corrected chi connectivity index (χ1v) is 9.24. The molecule has 26 heavy (non-hydrogen) atoms. The molecule has 1 unspecified atom stereocenters. The van der Waals surface area contributed by atoms with Crippen molar-refractivity contribution < 1.29 is 9.90 Å². The molecule has 0 aliphatic carbocycles. The van der Waals surface area contributed by atoms with Crippen LogP contribution in [0.15, 0.2) is 47.2 Å². The summed E-state index contributed by atoms with van der Waals surface area (Å²) in [6.45, 7) is 2.36. The first-order chi connectivity index (χ1) is 12.5. The van der Waals surface area contributed by atoms with Crippen LogP contribution in [0.5, 0.6) is 0 Å². The fraction of sp³-hybridized carbons (Fsp3) is 0.263. The molecule has 2 aromatic heterocycles. The number of carboxylic acids is 1. The van der Waals surface area contributed by atoms with Gasteiger partial charge in [0.25, 0.3) is 0 Å². The molecule has 3 aromatic rings. The number of carboxylic acid groups (broad SMARTS) is 1. The Morgan fingerprint density at radius 2 is 2.15 bits per heavy atom. The van der Waals surface area contributed by atoms with Gasteiger partial charge in [0.05, 0.1) is 17.3 Å². The summed E-state index contributed by atoms with van der Waals surface area (Å²) in [4.78, 5) is 23.7. The van der Waals surface area contributed by atoms with Crippen LogP contribution in [0, 0.1) is 0 Å². The zero-order valence-corrected chi connectivity index (χ0v) is 15.9. The molecule has 1 aliphatic rings. The molecule has 134 valence electrons. The van der Waals surface area contributed by atoms with Crippen molar-refractivity contribution in [2.24, 2.45) is 0 Å². The maximum Gasteiger partial charge on any atom is 0.337 e. The van der Waals surface area contributed by atoms with E-state index in [4.69, 9.17) is 0 Å². The van der Waals surface area contributed by atoms with E-state index in [0.29, 0.717) is 5.56 Å². The highest BCUT2D eigenvalue weighted by Crippen LogP contribution is 2.31. The number of aromatic nitrogens is 2. The number of anilines is 1. The van der Waals surface area contributed by atoms with Crippen LogP contribution >= 0.6 is 15.9 Å². The van der Waals surface area contributed by atoms with Crippen molar-refractivity contribution in [1.29, 1.82) is 0 Å². The molecule has 2 N–H and O–H groups in total. The topological polar surface area (TPSA) is 72.5 Å². The van der Waals surface area contributed by atoms with Gasteiger partial charge in [-0.3, -0.25) is 4.90 Å². The molecule has 0 bridgehead atoms. The molecule has 0 radical (unpaired) electrons. The van der Waals surface area contributed by atoms with Crippen LogP contribution < -0.4 is 4.90 Å². The lowest BCUT2D eigenvalue weighted by atomic mass is 10.0. The number of nitrogens with zero attached hydrogens (tertiary/aromatic N) is 3. The summed E-state index contributed by atoms with van der Waals surface area (Å²) in [5, 5.41) is 10.6. The number of halogens is 1. The van der Waals surface area contributed by atoms with Gasteiger partial charge >= 0.3 is 5.97 Å². The van der Waals surface area contributed by atoms with Gasteiger partial charge in [-0.25, -0.2) is 9.78 Å². The number of rotatable bonds is 3. The summed E-state index contributed by atoms with van der Waals surface area (Å²) in [5.74, 6) is -0.893. The number of piperazine rings is 1. The van der Waals surface area contributed by atoms with Crippen LogP contribution in [-0.4, -0.2) is 52.6 Å². The number of para-hydroxylation sites is 1. The van der Waals surface area contributed by atoms with Crippen LogP contribution in [0.3, 0.4) is 0 Å². The van der Waals surface area contributed by atoms with Crippen molar-refractivity contribution in [2.75, 3.05) is 31.6 Å². The zero-order valence-electron chi connectivity index (χ0n) is 14.3. The number of hydrogen-bond acceptors (Lipinski definition) is 4. The Bertz CT molecular complexity index is 971. The van der Waals surface area contributed by atoms with Crippen molar-refractivity contribution in [2.45, 2.75) is 6.04 Å². The first kappa shape index (κ1) is 17.1. The highest BCUT2D eigenvalue weighted by atomic mass is 79.9. The van der Waals surface area contributed by atoms with Gasteiger partial charge in [-0.2, -0.15) is 0 Å². The lowest BCUT2D eigenvalue weighted by Gasteiger charge is -2.41. The number of aromatic amines is 1. The minimum absolute atomic E-state index is 0.143. The number of benzene rings is 1. The van der Waals surface area contributed by atoms with E-state index < -0.39 is 5.97 Å². The second kappa shape index (κ2) is 6.74. The summed E-state index contributed by atoms with van der Waals surface area (Å²) in [5.41, 5.74) is 3.10. The van der Waals surface area contributed by atoms with E-state index in [1.54, 1.807) is 12.1 Å². The Labute approximate surface area is 159 Å². The van der Waals surface area contributed by atoms with Gasteiger partial charge in [-0.05, 0) is 46.7 Å². The molecule has 4 rings (SSSR count). The van der Waals surface area contributed by atoms with Crippen molar-refractivity contribution in [3.8, 4) is 0 Å². The molecule has 0 amide bonds. The number of fused-ring (bicyclic) bond motifs is 1. The molecule has 1 fully saturated rings. The van der Waals surface area contributed by atoms with Gasteiger partial charge in [0, 0.05) is 41.9 Å². The fourth-order valence-electron chi connectivity index (χ4n) is 3.55. The molecule has 0 saturated carbocycles. The molecule has 6 nitrogen and oxygen atoms in total. The Hall–Kier alpha value is -2.38. The minimum atomic E-state index is -0.893. The average Bonchev–Trinajstić information content (AvgIpc) is 3.02. The van der Waals surface area contributed by atoms with Gasteiger partial charge in [0.1, 0.15) is 5.65 Å². The molecule has 1 saturated heterocycles. The first-order valence-electron chi connectivity index (χ1n) is 8.44. The summed E-state index contributed by atoms with van der Waals surface area (Å²) < 4.78 is 0.994. The fourth-order valence-corrected chi connectivity index (χ4v) is 3.97. The monoisotopic (exact) mass is 414 g/mol. The summed E-state index contributed by atoms with van der Waals surface area (Å²) >= 11 is 3.55.